The van der Waals surface area contributed by atoms with Crippen molar-refractivity contribution in [3.8, 4) is 0 Å². The summed E-state index contributed by atoms with van der Waals surface area (Å²) in [6.45, 7) is 0. The highest BCUT2D eigenvalue weighted by Crippen LogP contribution is 2.34. The molecule has 0 aliphatic rings. The van der Waals surface area contributed by atoms with Crippen LogP contribution in [-0.2, 0) is 0 Å². The van der Waals surface area contributed by atoms with Crippen molar-refractivity contribution >= 4 is 46.6 Å². The standard InChI is InChI=1S/C26H50N12/c1-31(2)23(32(3)4)27-19-17-21(29-25(35(9)10)36(11)12)22(30-26(37(13)14)38(15)16)18-20(19)28-24(33(5)6)34(7)8/h17-18H,1-16H3/p+4. The lowest BCUT2D eigenvalue weighted by atomic mass is 10.2. The maximum Gasteiger partial charge on any atom is 0.352 e. The SMILES string of the molecule is CN(C)C(Nc1cc(NC(N(C)C)=[N+](C)C)c(NC(N(C)C)=[N+](C)C)cc1NC(N(C)C)=[N+](C)C)=[N+](C)C. The summed E-state index contributed by atoms with van der Waals surface area (Å²) in [6.07, 6.45) is 0. The second-order valence-electron chi connectivity index (χ2n) is 10.9. The van der Waals surface area contributed by atoms with Crippen molar-refractivity contribution in [3.63, 3.8) is 0 Å². The van der Waals surface area contributed by atoms with E-state index in [1.807, 2.05) is 113 Å². The zero-order valence-corrected chi connectivity index (χ0v) is 26.7. The van der Waals surface area contributed by atoms with Gasteiger partial charge in [0.05, 0.1) is 113 Å². The lowest BCUT2D eigenvalue weighted by Gasteiger charge is -2.20. The molecular weight excluding hydrogens is 480 g/mol. The van der Waals surface area contributed by atoms with Gasteiger partial charge in [0.1, 0.15) is 22.7 Å². The van der Waals surface area contributed by atoms with Gasteiger partial charge < -0.3 is 0 Å². The van der Waals surface area contributed by atoms with Crippen molar-refractivity contribution in [1.82, 2.24) is 19.6 Å². The minimum atomic E-state index is 0.921. The molecule has 38 heavy (non-hydrogen) atoms. The average Bonchev–Trinajstić information content (AvgIpc) is 2.76. The van der Waals surface area contributed by atoms with Gasteiger partial charge in [0.15, 0.2) is 0 Å². The smallest absolute Gasteiger partial charge is 0.270 e. The highest BCUT2D eigenvalue weighted by molar-refractivity contribution is 6.06. The average molecular weight is 535 g/mol. The molecule has 1 aromatic carbocycles. The van der Waals surface area contributed by atoms with Crippen LogP contribution in [0, 0.1) is 0 Å². The molecule has 0 heterocycles. The molecule has 1 rings (SSSR count). The van der Waals surface area contributed by atoms with Gasteiger partial charge in [-0.3, -0.25) is 37.9 Å². The summed E-state index contributed by atoms with van der Waals surface area (Å²) >= 11 is 0. The number of hydrogen-bond donors (Lipinski definition) is 4. The van der Waals surface area contributed by atoms with E-state index in [1.54, 1.807) is 0 Å². The molecule has 12 heteroatoms. The molecule has 0 aliphatic heterocycles. The van der Waals surface area contributed by atoms with E-state index >= 15 is 0 Å². The van der Waals surface area contributed by atoms with Crippen LogP contribution in [0.3, 0.4) is 0 Å². The van der Waals surface area contributed by atoms with Crippen LogP contribution in [0.5, 0.6) is 0 Å². The number of nitrogens with one attached hydrogen (secondary N) is 4. The van der Waals surface area contributed by atoms with E-state index in [9.17, 15) is 0 Å². The maximum atomic E-state index is 3.65. The van der Waals surface area contributed by atoms with Crippen molar-refractivity contribution in [2.45, 2.75) is 0 Å². The van der Waals surface area contributed by atoms with Crippen LogP contribution in [0.4, 0.5) is 22.7 Å². The van der Waals surface area contributed by atoms with E-state index in [0.717, 1.165) is 46.6 Å². The maximum absolute atomic E-state index is 3.65. The fourth-order valence-electron chi connectivity index (χ4n) is 3.99. The summed E-state index contributed by atoms with van der Waals surface area (Å²) in [6, 6.07) is 4.27. The molecule has 0 bridgehead atoms. The molecule has 0 fully saturated rings. The molecule has 4 N–H and O–H groups in total. The Balaban J connectivity index is 4.05. The van der Waals surface area contributed by atoms with E-state index in [2.05, 4.69) is 71.3 Å². The quantitative estimate of drug-likeness (QED) is 0.246. The van der Waals surface area contributed by atoms with Gasteiger partial charge in [0.25, 0.3) is 0 Å². The first-order valence-electron chi connectivity index (χ1n) is 12.6. The summed E-state index contributed by atoms with van der Waals surface area (Å²) in [5.41, 5.74) is 3.68. The highest BCUT2D eigenvalue weighted by atomic mass is 15.3. The van der Waals surface area contributed by atoms with Gasteiger partial charge in [0, 0.05) is 12.1 Å². The van der Waals surface area contributed by atoms with E-state index in [0.29, 0.717) is 0 Å². The summed E-state index contributed by atoms with van der Waals surface area (Å²) in [5.74, 6) is 3.81. The van der Waals surface area contributed by atoms with Crippen molar-refractivity contribution in [3.05, 3.63) is 12.1 Å². The monoisotopic (exact) mass is 534 g/mol. The molecule has 0 radical (unpaired) electrons. The second kappa shape index (κ2) is 13.7. The molecule has 214 valence electrons. The fraction of sp³-hybridized carbons (Fsp3) is 0.615. The summed E-state index contributed by atoms with van der Waals surface area (Å²) in [5, 5.41) is 14.6. The van der Waals surface area contributed by atoms with Crippen molar-refractivity contribution < 1.29 is 18.3 Å². The zero-order valence-electron chi connectivity index (χ0n) is 26.7. The molecular formula is C26H54N12+4. The Labute approximate surface area is 230 Å². The predicted octanol–water partition coefficient (Wildman–Crippen LogP) is 0.0930. The number of rotatable bonds is 4. The van der Waals surface area contributed by atoms with Gasteiger partial charge in [-0.05, 0) is 0 Å². The molecule has 0 spiro atoms. The van der Waals surface area contributed by atoms with Crippen LogP contribution < -0.4 is 21.3 Å². The molecule has 0 amide bonds. The van der Waals surface area contributed by atoms with E-state index in [4.69, 9.17) is 0 Å². The second-order valence-corrected chi connectivity index (χ2v) is 10.9. The lowest BCUT2D eigenvalue weighted by Crippen LogP contribution is -2.39. The van der Waals surface area contributed by atoms with Gasteiger partial charge >= 0.3 is 23.8 Å². The fourth-order valence-corrected chi connectivity index (χ4v) is 3.99. The molecule has 0 aromatic heterocycles. The Bertz CT molecular complexity index is 921. The minimum Gasteiger partial charge on any atom is -0.270 e. The van der Waals surface area contributed by atoms with Gasteiger partial charge in [-0.1, -0.05) is 0 Å². The summed E-state index contributed by atoms with van der Waals surface area (Å²) < 4.78 is 8.25. The zero-order chi connectivity index (χ0) is 29.5. The molecule has 0 atom stereocenters. The van der Waals surface area contributed by atoms with Crippen molar-refractivity contribution in [2.75, 3.05) is 134 Å². The third-order valence-corrected chi connectivity index (χ3v) is 5.53. The largest absolute Gasteiger partial charge is 0.352 e. The number of nitrogens with zero attached hydrogens (tertiary/aromatic N) is 8. The number of anilines is 4. The Morgan fingerprint density at radius 2 is 0.553 bits per heavy atom. The van der Waals surface area contributed by atoms with Gasteiger partial charge in [-0.25, -0.2) is 21.3 Å². The molecule has 0 saturated heterocycles. The first-order chi connectivity index (χ1) is 17.5. The first-order valence-corrected chi connectivity index (χ1v) is 12.6. The molecule has 0 saturated carbocycles. The van der Waals surface area contributed by atoms with Crippen LogP contribution in [0.15, 0.2) is 12.1 Å². The molecule has 0 aliphatic carbocycles. The third-order valence-electron chi connectivity index (χ3n) is 5.53. The molecule has 12 nitrogen and oxygen atoms in total. The number of guanidine groups is 4. The Morgan fingerprint density at radius 3 is 0.658 bits per heavy atom. The van der Waals surface area contributed by atoms with Crippen LogP contribution in [0.25, 0.3) is 0 Å². The van der Waals surface area contributed by atoms with Crippen molar-refractivity contribution in [1.29, 1.82) is 0 Å². The predicted molar refractivity (Wildman–Crippen MR) is 164 cm³/mol. The van der Waals surface area contributed by atoms with Gasteiger partial charge in [0.2, 0.25) is 0 Å². The van der Waals surface area contributed by atoms with E-state index < -0.39 is 0 Å². The van der Waals surface area contributed by atoms with Crippen LogP contribution in [0.2, 0.25) is 0 Å². The molecule has 0 unspecified atom stereocenters. The minimum absolute atomic E-state index is 0.921. The Morgan fingerprint density at radius 1 is 0.395 bits per heavy atom. The van der Waals surface area contributed by atoms with Gasteiger partial charge in [-0.2, -0.15) is 0 Å². The van der Waals surface area contributed by atoms with Gasteiger partial charge in [-0.15, -0.1) is 0 Å². The van der Waals surface area contributed by atoms with E-state index in [-0.39, 0.29) is 0 Å². The topological polar surface area (TPSA) is 73.1 Å². The van der Waals surface area contributed by atoms with Crippen molar-refractivity contribution in [2.24, 2.45) is 0 Å². The Hall–Kier alpha value is -3.70. The van der Waals surface area contributed by atoms with Crippen LogP contribution in [-0.4, -0.2) is 175 Å². The van der Waals surface area contributed by atoms with E-state index in [1.165, 1.54) is 0 Å². The number of benzene rings is 1. The van der Waals surface area contributed by atoms with Crippen LogP contribution >= 0.6 is 0 Å². The lowest BCUT2D eigenvalue weighted by molar-refractivity contribution is -0.469. The third kappa shape index (κ3) is 8.70. The summed E-state index contributed by atoms with van der Waals surface area (Å²) in [4.78, 5) is 8.25. The molecule has 1 aromatic rings. The Kier molecular flexibility index (Phi) is 11.7. The van der Waals surface area contributed by atoms with Crippen LogP contribution in [0.1, 0.15) is 0 Å². The number of hydrogen-bond acceptors (Lipinski definition) is 0. The summed E-state index contributed by atoms with van der Waals surface area (Å²) in [7, 11) is 32.5. The highest BCUT2D eigenvalue weighted by Gasteiger charge is 2.27. The first kappa shape index (κ1) is 32.3. The normalized spacial score (nSPS) is 10.1.